The van der Waals surface area contributed by atoms with E-state index in [2.05, 4.69) is 46.5 Å². The molecule has 1 saturated heterocycles. The van der Waals surface area contributed by atoms with Crippen LogP contribution in [0.2, 0.25) is 0 Å². The molecule has 0 saturated carbocycles. The topological polar surface area (TPSA) is 57.5 Å². The number of aliphatic imine (C=N–C) groups is 1. The maximum absolute atomic E-state index is 4.45. The molecular formula is C16H30N6. The highest BCUT2D eigenvalue weighted by atomic mass is 15.3. The van der Waals surface area contributed by atoms with Crippen molar-refractivity contribution in [3.63, 3.8) is 0 Å². The number of nitrogens with one attached hydrogen (secondary N) is 2. The summed E-state index contributed by atoms with van der Waals surface area (Å²) in [6, 6.07) is 0. The van der Waals surface area contributed by atoms with E-state index in [0.717, 1.165) is 24.7 Å². The summed E-state index contributed by atoms with van der Waals surface area (Å²) in [5.74, 6) is 1.58. The number of hydrogen-bond acceptors (Lipinski definition) is 3. The Morgan fingerprint density at radius 1 is 1.32 bits per heavy atom. The van der Waals surface area contributed by atoms with Gasteiger partial charge in [0.05, 0.1) is 5.69 Å². The maximum atomic E-state index is 4.45. The standard InChI is InChI=1S/C16H30N6/c1-12-15(13(2)22(5)20-12)10-19-16(17-3)18-9-14-7-6-8-21(4)11-14/h14H,6-11H2,1-5H3,(H2,17,18,19). The fourth-order valence-corrected chi connectivity index (χ4v) is 3.15. The summed E-state index contributed by atoms with van der Waals surface area (Å²) >= 11 is 0. The normalized spacial score (nSPS) is 20.2. The largest absolute Gasteiger partial charge is 0.356 e. The van der Waals surface area contributed by atoms with Crippen molar-refractivity contribution in [3.8, 4) is 0 Å². The SMILES string of the molecule is CN=C(NCc1c(C)nn(C)c1C)NCC1CCCN(C)C1. The van der Waals surface area contributed by atoms with Gasteiger partial charge in [-0.05, 0) is 46.2 Å². The molecule has 1 unspecified atom stereocenters. The summed E-state index contributed by atoms with van der Waals surface area (Å²) in [5, 5.41) is 11.3. The molecule has 124 valence electrons. The Labute approximate surface area is 134 Å². The van der Waals surface area contributed by atoms with Gasteiger partial charge in [0.1, 0.15) is 0 Å². The van der Waals surface area contributed by atoms with Gasteiger partial charge in [0, 0.05) is 45.0 Å². The van der Waals surface area contributed by atoms with E-state index in [-0.39, 0.29) is 0 Å². The summed E-state index contributed by atoms with van der Waals surface area (Å²) < 4.78 is 1.93. The van der Waals surface area contributed by atoms with Gasteiger partial charge in [-0.1, -0.05) is 0 Å². The van der Waals surface area contributed by atoms with Gasteiger partial charge >= 0.3 is 0 Å². The van der Waals surface area contributed by atoms with Crippen molar-refractivity contribution in [3.05, 3.63) is 17.0 Å². The highest BCUT2D eigenvalue weighted by Gasteiger charge is 2.17. The van der Waals surface area contributed by atoms with Gasteiger partial charge in [0.15, 0.2) is 5.96 Å². The summed E-state index contributed by atoms with van der Waals surface area (Å²) in [7, 11) is 6.01. The molecule has 1 aliphatic heterocycles. The molecule has 6 nitrogen and oxygen atoms in total. The molecule has 0 bridgehead atoms. The first kappa shape index (κ1) is 16.8. The summed E-state index contributed by atoms with van der Waals surface area (Å²) in [6.45, 7) is 8.29. The number of guanidine groups is 1. The monoisotopic (exact) mass is 306 g/mol. The van der Waals surface area contributed by atoms with Crippen LogP contribution in [-0.2, 0) is 13.6 Å². The smallest absolute Gasteiger partial charge is 0.191 e. The lowest BCUT2D eigenvalue weighted by Gasteiger charge is -2.30. The zero-order valence-electron chi connectivity index (χ0n) is 14.6. The fourth-order valence-electron chi connectivity index (χ4n) is 3.15. The summed E-state index contributed by atoms with van der Waals surface area (Å²) in [6.07, 6.45) is 2.60. The third kappa shape index (κ3) is 4.22. The van der Waals surface area contributed by atoms with E-state index in [1.807, 2.05) is 18.8 Å². The minimum absolute atomic E-state index is 0.708. The second kappa shape index (κ2) is 7.63. The Bertz CT molecular complexity index is 519. The summed E-state index contributed by atoms with van der Waals surface area (Å²) in [4.78, 5) is 6.74. The van der Waals surface area contributed by atoms with Gasteiger partial charge < -0.3 is 15.5 Å². The molecule has 2 rings (SSSR count). The van der Waals surface area contributed by atoms with Gasteiger partial charge in [0.2, 0.25) is 0 Å². The average Bonchev–Trinajstić information content (AvgIpc) is 2.73. The zero-order chi connectivity index (χ0) is 16.1. The van der Waals surface area contributed by atoms with Crippen molar-refractivity contribution < 1.29 is 0 Å². The molecule has 2 heterocycles. The minimum atomic E-state index is 0.708. The van der Waals surface area contributed by atoms with Crippen molar-refractivity contribution >= 4 is 5.96 Å². The van der Waals surface area contributed by atoms with Crippen LogP contribution in [0.25, 0.3) is 0 Å². The Hall–Kier alpha value is -1.56. The number of rotatable bonds is 4. The number of aryl methyl sites for hydroxylation is 2. The molecule has 1 fully saturated rings. The van der Waals surface area contributed by atoms with Crippen LogP contribution < -0.4 is 10.6 Å². The van der Waals surface area contributed by atoms with Crippen LogP contribution in [-0.4, -0.2) is 54.4 Å². The second-order valence-corrected chi connectivity index (χ2v) is 6.35. The molecule has 6 heteroatoms. The van der Waals surface area contributed by atoms with Gasteiger partial charge in [-0.25, -0.2) is 0 Å². The van der Waals surface area contributed by atoms with Gasteiger partial charge in [0.25, 0.3) is 0 Å². The second-order valence-electron chi connectivity index (χ2n) is 6.35. The lowest BCUT2D eigenvalue weighted by atomic mass is 9.99. The Morgan fingerprint density at radius 3 is 2.68 bits per heavy atom. The molecule has 0 amide bonds. The summed E-state index contributed by atoms with van der Waals surface area (Å²) in [5.41, 5.74) is 3.54. The van der Waals surface area contributed by atoms with Crippen LogP contribution in [0.1, 0.15) is 29.8 Å². The van der Waals surface area contributed by atoms with Crippen LogP contribution in [0.15, 0.2) is 4.99 Å². The van der Waals surface area contributed by atoms with Crippen molar-refractivity contribution in [1.82, 2.24) is 25.3 Å². The van der Waals surface area contributed by atoms with Crippen LogP contribution in [0, 0.1) is 19.8 Å². The van der Waals surface area contributed by atoms with Gasteiger partial charge in [-0.3, -0.25) is 9.67 Å². The molecule has 0 spiro atoms. The average molecular weight is 306 g/mol. The third-order valence-corrected chi connectivity index (χ3v) is 4.60. The van der Waals surface area contributed by atoms with E-state index < -0.39 is 0 Å². The molecule has 0 aromatic carbocycles. The first-order valence-corrected chi connectivity index (χ1v) is 8.13. The first-order chi connectivity index (χ1) is 10.5. The maximum Gasteiger partial charge on any atom is 0.191 e. The lowest BCUT2D eigenvalue weighted by Crippen LogP contribution is -2.43. The van der Waals surface area contributed by atoms with Crippen molar-refractivity contribution in [2.75, 3.05) is 33.7 Å². The molecule has 2 N–H and O–H groups in total. The van der Waals surface area contributed by atoms with E-state index in [1.165, 1.54) is 37.2 Å². The van der Waals surface area contributed by atoms with E-state index in [4.69, 9.17) is 0 Å². The van der Waals surface area contributed by atoms with Crippen LogP contribution in [0.4, 0.5) is 0 Å². The third-order valence-electron chi connectivity index (χ3n) is 4.60. The first-order valence-electron chi connectivity index (χ1n) is 8.13. The minimum Gasteiger partial charge on any atom is -0.356 e. The molecule has 1 atom stereocenters. The number of likely N-dealkylation sites (tertiary alicyclic amines) is 1. The molecule has 22 heavy (non-hydrogen) atoms. The number of hydrogen-bond donors (Lipinski definition) is 2. The van der Waals surface area contributed by atoms with E-state index in [0.29, 0.717) is 5.92 Å². The predicted octanol–water partition coefficient (Wildman–Crippen LogP) is 1.04. The predicted molar refractivity (Wildman–Crippen MR) is 91.1 cm³/mol. The fraction of sp³-hybridized carbons (Fsp3) is 0.750. The molecular weight excluding hydrogens is 276 g/mol. The molecule has 0 aliphatic carbocycles. The number of piperidine rings is 1. The Kier molecular flexibility index (Phi) is 5.83. The lowest BCUT2D eigenvalue weighted by molar-refractivity contribution is 0.210. The molecule has 1 aliphatic rings. The Balaban J connectivity index is 1.82. The van der Waals surface area contributed by atoms with Crippen molar-refractivity contribution in [2.45, 2.75) is 33.2 Å². The molecule has 0 radical (unpaired) electrons. The van der Waals surface area contributed by atoms with Crippen molar-refractivity contribution in [2.24, 2.45) is 18.0 Å². The van der Waals surface area contributed by atoms with Gasteiger partial charge in [-0.2, -0.15) is 5.10 Å². The van der Waals surface area contributed by atoms with Crippen LogP contribution in [0.3, 0.4) is 0 Å². The van der Waals surface area contributed by atoms with Gasteiger partial charge in [-0.15, -0.1) is 0 Å². The van der Waals surface area contributed by atoms with E-state index >= 15 is 0 Å². The Morgan fingerprint density at radius 2 is 2.09 bits per heavy atom. The van der Waals surface area contributed by atoms with E-state index in [1.54, 1.807) is 0 Å². The molecule has 1 aromatic rings. The quantitative estimate of drug-likeness (QED) is 0.645. The van der Waals surface area contributed by atoms with Crippen LogP contribution >= 0.6 is 0 Å². The van der Waals surface area contributed by atoms with Crippen molar-refractivity contribution in [1.29, 1.82) is 0 Å². The van der Waals surface area contributed by atoms with E-state index in [9.17, 15) is 0 Å². The van der Waals surface area contributed by atoms with Crippen LogP contribution in [0.5, 0.6) is 0 Å². The number of aromatic nitrogens is 2. The highest BCUT2D eigenvalue weighted by molar-refractivity contribution is 5.79. The highest BCUT2D eigenvalue weighted by Crippen LogP contribution is 2.14. The number of nitrogens with zero attached hydrogens (tertiary/aromatic N) is 4. The zero-order valence-corrected chi connectivity index (χ0v) is 14.6. The molecule has 1 aromatic heterocycles.